The summed E-state index contributed by atoms with van der Waals surface area (Å²) in [4.78, 5) is 17.7. The summed E-state index contributed by atoms with van der Waals surface area (Å²) in [6, 6.07) is 12.8. The van der Waals surface area contributed by atoms with E-state index in [0.29, 0.717) is 16.3 Å². The monoisotopic (exact) mass is 419 g/mol. The molecule has 1 aromatic heterocycles. The van der Waals surface area contributed by atoms with Gasteiger partial charge in [0.05, 0.1) is 27.0 Å². The lowest BCUT2D eigenvalue weighted by Gasteiger charge is -2.33. The van der Waals surface area contributed by atoms with E-state index in [4.69, 9.17) is 11.6 Å². The summed E-state index contributed by atoms with van der Waals surface area (Å²) in [5.41, 5.74) is 4.47. The van der Waals surface area contributed by atoms with Crippen LogP contribution < -0.4 is 10.9 Å². The highest BCUT2D eigenvalue weighted by atomic mass is 35.5. The van der Waals surface area contributed by atoms with Crippen molar-refractivity contribution in [3.05, 3.63) is 68.7 Å². The molecule has 1 unspecified atom stereocenters. The molecule has 1 N–H and O–H groups in total. The first-order valence-electron chi connectivity index (χ1n) is 11.3. The van der Waals surface area contributed by atoms with Gasteiger partial charge in [-0.1, -0.05) is 49.1 Å². The van der Waals surface area contributed by atoms with Crippen molar-refractivity contribution in [1.82, 2.24) is 14.9 Å². The van der Waals surface area contributed by atoms with Crippen LogP contribution in [0.1, 0.15) is 67.8 Å². The Balaban J connectivity index is 1.65. The summed E-state index contributed by atoms with van der Waals surface area (Å²) in [6.45, 7) is 2.15. The van der Waals surface area contributed by atoms with Crippen molar-refractivity contribution in [3.8, 4) is 5.69 Å². The molecule has 3 aliphatic rings. The molecule has 1 spiro atoms. The Morgan fingerprint density at radius 2 is 1.97 bits per heavy atom. The summed E-state index contributed by atoms with van der Waals surface area (Å²) < 4.78 is 2.25. The van der Waals surface area contributed by atoms with Gasteiger partial charge >= 0.3 is 0 Å². The van der Waals surface area contributed by atoms with Gasteiger partial charge in [0, 0.05) is 6.54 Å². The second-order valence-electron chi connectivity index (χ2n) is 9.17. The lowest BCUT2D eigenvalue weighted by molar-refractivity contribution is 0.338. The summed E-state index contributed by atoms with van der Waals surface area (Å²) in [5, 5.41) is 4.56. The zero-order valence-corrected chi connectivity index (χ0v) is 17.8. The first kappa shape index (κ1) is 18.6. The molecule has 1 saturated carbocycles. The van der Waals surface area contributed by atoms with Gasteiger partial charge in [0.15, 0.2) is 0 Å². The molecule has 0 bridgehead atoms. The van der Waals surface area contributed by atoms with Crippen molar-refractivity contribution in [2.75, 3.05) is 13.1 Å². The van der Waals surface area contributed by atoms with Gasteiger partial charge in [0.2, 0.25) is 0 Å². The van der Waals surface area contributed by atoms with E-state index in [1.54, 1.807) is 6.07 Å². The summed E-state index contributed by atoms with van der Waals surface area (Å²) in [7, 11) is 0. The summed E-state index contributed by atoms with van der Waals surface area (Å²) in [5.74, 6) is 1.47. The predicted molar refractivity (Wildman–Crippen MR) is 121 cm³/mol. The largest absolute Gasteiger partial charge is 0.316 e. The topological polar surface area (TPSA) is 46.9 Å². The molecular formula is C25H26ClN3O. The molecule has 2 aromatic carbocycles. The Hall–Kier alpha value is -2.17. The number of nitrogens with zero attached hydrogens (tertiary/aromatic N) is 2. The van der Waals surface area contributed by atoms with Crippen LogP contribution in [0.5, 0.6) is 0 Å². The second-order valence-corrected chi connectivity index (χ2v) is 9.58. The van der Waals surface area contributed by atoms with E-state index in [2.05, 4.69) is 33.1 Å². The molecule has 154 valence electrons. The maximum atomic E-state index is 13.0. The fourth-order valence-corrected chi connectivity index (χ4v) is 6.34. The fraction of sp³-hybridized carbons (Fsp3) is 0.440. The minimum atomic E-state index is -0.198. The van der Waals surface area contributed by atoms with Crippen LogP contribution in [0, 0.1) is 0 Å². The third kappa shape index (κ3) is 2.56. The molecule has 1 aliphatic carbocycles. The van der Waals surface area contributed by atoms with Crippen LogP contribution in [0.25, 0.3) is 16.6 Å². The zero-order valence-electron chi connectivity index (χ0n) is 17.1. The molecule has 0 amide bonds. The minimum absolute atomic E-state index is 0.146. The Kier molecular flexibility index (Phi) is 4.29. The maximum Gasteiger partial charge on any atom is 0.282 e. The van der Waals surface area contributed by atoms with Crippen LogP contribution >= 0.6 is 11.6 Å². The normalized spacial score (nSPS) is 22.2. The minimum Gasteiger partial charge on any atom is -0.316 e. The van der Waals surface area contributed by atoms with Crippen LogP contribution in [-0.2, 0) is 5.41 Å². The third-order valence-corrected chi connectivity index (χ3v) is 7.86. The predicted octanol–water partition coefficient (Wildman–Crippen LogP) is 5.07. The number of piperidine rings is 1. The van der Waals surface area contributed by atoms with Gasteiger partial charge in [0.1, 0.15) is 5.82 Å². The van der Waals surface area contributed by atoms with E-state index >= 15 is 0 Å². The van der Waals surface area contributed by atoms with Crippen LogP contribution in [0.2, 0.25) is 5.02 Å². The van der Waals surface area contributed by atoms with Crippen molar-refractivity contribution < 1.29 is 0 Å². The lowest BCUT2D eigenvalue weighted by atomic mass is 9.69. The van der Waals surface area contributed by atoms with Crippen LogP contribution in [0.3, 0.4) is 0 Å². The molecule has 2 aliphatic heterocycles. The Morgan fingerprint density at radius 1 is 1.10 bits per heavy atom. The van der Waals surface area contributed by atoms with Gasteiger partial charge in [0.25, 0.3) is 5.56 Å². The highest BCUT2D eigenvalue weighted by Gasteiger charge is 2.46. The van der Waals surface area contributed by atoms with Crippen molar-refractivity contribution >= 4 is 22.5 Å². The quantitative estimate of drug-likeness (QED) is 0.599. The zero-order chi connectivity index (χ0) is 20.3. The van der Waals surface area contributed by atoms with E-state index in [9.17, 15) is 4.79 Å². The fourth-order valence-electron chi connectivity index (χ4n) is 6.09. The molecule has 2 fully saturated rings. The second kappa shape index (κ2) is 6.93. The summed E-state index contributed by atoms with van der Waals surface area (Å²) in [6.07, 6.45) is 8.17. The summed E-state index contributed by atoms with van der Waals surface area (Å²) >= 11 is 6.46. The number of aromatic nitrogens is 2. The Labute approximate surface area is 181 Å². The molecule has 30 heavy (non-hydrogen) atoms. The highest BCUT2D eigenvalue weighted by molar-refractivity contribution is 6.35. The van der Waals surface area contributed by atoms with Gasteiger partial charge in [-0.15, -0.1) is 0 Å². The van der Waals surface area contributed by atoms with Crippen LogP contribution in [0.4, 0.5) is 0 Å². The number of halogens is 1. The van der Waals surface area contributed by atoms with Crippen LogP contribution in [0.15, 0.2) is 41.2 Å². The standard InChI is InChI=1S/C25H26ClN3O/c26-19-7-4-8-20-22(19)23(30)28-24-25(11-2-1-3-12-25)18-10-9-16(14-21(18)29(20)24)17-6-5-13-27-15-17/h4,7-10,14,17,27H,1-3,5-6,11-13,15H2. The Bertz CT molecular complexity index is 1200. The van der Waals surface area contributed by atoms with E-state index < -0.39 is 0 Å². The molecule has 6 rings (SSSR count). The number of nitrogens with one attached hydrogen (secondary N) is 1. The molecule has 1 atom stereocenters. The smallest absolute Gasteiger partial charge is 0.282 e. The Morgan fingerprint density at radius 3 is 2.77 bits per heavy atom. The van der Waals surface area contributed by atoms with Crippen molar-refractivity contribution in [2.45, 2.75) is 56.3 Å². The van der Waals surface area contributed by atoms with Crippen molar-refractivity contribution in [3.63, 3.8) is 0 Å². The van der Waals surface area contributed by atoms with E-state index in [-0.39, 0.29) is 11.0 Å². The molecule has 3 heterocycles. The van der Waals surface area contributed by atoms with Gasteiger partial charge in [-0.25, -0.2) is 0 Å². The molecule has 1 saturated heterocycles. The van der Waals surface area contributed by atoms with E-state index in [0.717, 1.165) is 37.3 Å². The van der Waals surface area contributed by atoms with E-state index in [1.165, 1.54) is 48.9 Å². The highest BCUT2D eigenvalue weighted by Crippen LogP contribution is 2.52. The third-order valence-electron chi connectivity index (χ3n) is 7.55. The molecular weight excluding hydrogens is 394 g/mol. The van der Waals surface area contributed by atoms with Crippen molar-refractivity contribution in [1.29, 1.82) is 0 Å². The SMILES string of the molecule is O=c1nc2n(c3cccc(Cl)c13)-c1cc(C3CCCNC3)ccc1C21CCCCC1. The average molecular weight is 420 g/mol. The van der Waals surface area contributed by atoms with Crippen LogP contribution in [-0.4, -0.2) is 22.6 Å². The lowest BCUT2D eigenvalue weighted by Crippen LogP contribution is -2.32. The number of benzene rings is 2. The van der Waals surface area contributed by atoms with Crippen molar-refractivity contribution in [2.24, 2.45) is 0 Å². The first-order chi connectivity index (χ1) is 14.7. The van der Waals surface area contributed by atoms with Gasteiger partial charge in [-0.3, -0.25) is 9.36 Å². The maximum absolute atomic E-state index is 13.0. The number of hydrogen-bond acceptors (Lipinski definition) is 3. The van der Waals surface area contributed by atoms with E-state index in [1.807, 2.05) is 12.1 Å². The number of fused-ring (bicyclic) bond motifs is 7. The molecule has 3 aromatic rings. The van der Waals surface area contributed by atoms with Gasteiger partial charge in [-0.2, -0.15) is 4.98 Å². The average Bonchev–Trinajstić information content (AvgIpc) is 3.04. The number of hydrogen-bond donors (Lipinski definition) is 1. The number of rotatable bonds is 1. The van der Waals surface area contributed by atoms with Gasteiger partial charge in [-0.05, 0) is 67.5 Å². The van der Waals surface area contributed by atoms with Gasteiger partial charge < -0.3 is 5.32 Å². The molecule has 5 heteroatoms. The first-order valence-corrected chi connectivity index (χ1v) is 11.6. The molecule has 0 radical (unpaired) electrons. The molecule has 4 nitrogen and oxygen atoms in total.